The molecule has 0 atom stereocenters. The normalized spacial score (nSPS) is 11.0. The van der Waals surface area contributed by atoms with Gasteiger partial charge in [-0.2, -0.15) is 0 Å². The minimum atomic E-state index is -0.806. The highest BCUT2D eigenvalue weighted by Crippen LogP contribution is 2.31. The average Bonchev–Trinajstić information content (AvgIpc) is 3.25. The van der Waals surface area contributed by atoms with Crippen molar-refractivity contribution in [3.05, 3.63) is 55.7 Å². The van der Waals surface area contributed by atoms with Gasteiger partial charge in [0.05, 0.1) is 18.9 Å². The van der Waals surface area contributed by atoms with E-state index in [4.69, 9.17) is 10.5 Å². The Hall–Kier alpha value is -2.96. The van der Waals surface area contributed by atoms with E-state index in [0.29, 0.717) is 9.47 Å². The number of carbonyl (C=O) groups is 1. The highest BCUT2D eigenvalue weighted by Gasteiger charge is 2.20. The average molecular weight is 491 g/mol. The molecule has 4 N–H and O–H groups in total. The Bertz CT molecular complexity index is 1230. The number of H-pyrrole nitrogens is 1. The zero-order chi connectivity index (χ0) is 24.0. The molecule has 0 aliphatic rings. The number of methoxy groups -OCH3 is 1. The maximum atomic E-state index is 12.7. The number of nitrogen functional groups attached to an aromatic ring is 1. The molecule has 0 saturated heterocycles. The molecular formula is C21H26N6O4S2. The summed E-state index contributed by atoms with van der Waals surface area (Å²) >= 11 is 2.47. The highest BCUT2D eigenvalue weighted by atomic mass is 32.2. The van der Waals surface area contributed by atoms with Crippen LogP contribution in [0.2, 0.25) is 0 Å². The number of aromatic amines is 1. The van der Waals surface area contributed by atoms with Crippen molar-refractivity contribution in [1.29, 1.82) is 0 Å². The van der Waals surface area contributed by atoms with E-state index in [9.17, 15) is 14.4 Å². The third-order valence-electron chi connectivity index (χ3n) is 5.00. The number of aryl methyl sites for hydroxylation is 2. The molecule has 0 aliphatic heterocycles. The van der Waals surface area contributed by atoms with E-state index >= 15 is 0 Å². The van der Waals surface area contributed by atoms with E-state index < -0.39 is 17.0 Å². The van der Waals surface area contributed by atoms with Crippen LogP contribution < -0.4 is 22.3 Å². The van der Waals surface area contributed by atoms with Gasteiger partial charge in [-0.05, 0) is 24.0 Å². The number of para-hydroxylation sites is 1. The van der Waals surface area contributed by atoms with Gasteiger partial charge in [-0.15, -0.1) is 10.2 Å². The fourth-order valence-electron chi connectivity index (χ4n) is 3.29. The lowest BCUT2D eigenvalue weighted by Gasteiger charge is -2.13. The molecule has 33 heavy (non-hydrogen) atoms. The van der Waals surface area contributed by atoms with Gasteiger partial charge in [0.25, 0.3) is 5.56 Å². The number of hydrogen-bond donors (Lipinski definition) is 3. The Labute approximate surface area is 198 Å². The van der Waals surface area contributed by atoms with Crippen molar-refractivity contribution in [1.82, 2.24) is 19.7 Å². The number of ketones is 1. The van der Waals surface area contributed by atoms with Crippen LogP contribution in [-0.2, 0) is 24.1 Å². The summed E-state index contributed by atoms with van der Waals surface area (Å²) < 4.78 is 6.64. The minimum Gasteiger partial charge on any atom is -0.384 e. The standard InChI is InChI=1S/C21H26N6O4S2/c1-4-12-7-6-8-13(5-2)16(12)23-19-25-26-21(33-19)32-11-14(28)15-17(22)27(9-10-31-3)20(30)24-18(15)29/h6-8H,4-5,9-11,22H2,1-3H3,(H,23,25)(H,24,29,30). The number of benzene rings is 1. The van der Waals surface area contributed by atoms with E-state index in [1.807, 2.05) is 6.07 Å². The van der Waals surface area contributed by atoms with Crippen LogP contribution >= 0.6 is 23.1 Å². The monoisotopic (exact) mass is 490 g/mol. The molecule has 0 radical (unpaired) electrons. The molecule has 0 fully saturated rings. The maximum absolute atomic E-state index is 12.7. The molecule has 12 heteroatoms. The van der Waals surface area contributed by atoms with Crippen LogP contribution in [0, 0.1) is 0 Å². The molecule has 0 spiro atoms. The predicted octanol–water partition coefficient (Wildman–Crippen LogP) is 2.46. The lowest BCUT2D eigenvalue weighted by Crippen LogP contribution is -2.37. The van der Waals surface area contributed by atoms with Gasteiger partial charge >= 0.3 is 5.69 Å². The van der Waals surface area contributed by atoms with Crippen LogP contribution in [0.25, 0.3) is 0 Å². The smallest absolute Gasteiger partial charge is 0.330 e. The first kappa shape index (κ1) is 24.7. The number of nitrogens with one attached hydrogen (secondary N) is 2. The molecule has 1 aromatic carbocycles. The minimum absolute atomic E-state index is 0.0733. The summed E-state index contributed by atoms with van der Waals surface area (Å²) in [5.74, 6) is -0.746. The second kappa shape index (κ2) is 11.3. The summed E-state index contributed by atoms with van der Waals surface area (Å²) in [4.78, 5) is 39.1. The van der Waals surface area contributed by atoms with Crippen molar-refractivity contribution in [3.8, 4) is 0 Å². The van der Waals surface area contributed by atoms with Gasteiger partial charge < -0.3 is 15.8 Å². The Morgan fingerprint density at radius 3 is 2.58 bits per heavy atom. The van der Waals surface area contributed by atoms with Crippen molar-refractivity contribution < 1.29 is 9.53 Å². The lowest BCUT2D eigenvalue weighted by molar-refractivity contribution is 0.102. The van der Waals surface area contributed by atoms with Gasteiger partial charge in [-0.3, -0.25) is 19.1 Å². The Morgan fingerprint density at radius 1 is 1.24 bits per heavy atom. The van der Waals surface area contributed by atoms with Gasteiger partial charge in [-0.25, -0.2) is 4.79 Å². The molecule has 0 amide bonds. The van der Waals surface area contributed by atoms with Gasteiger partial charge in [0.2, 0.25) is 5.13 Å². The molecule has 0 saturated carbocycles. The van der Waals surface area contributed by atoms with Gasteiger partial charge in [0.15, 0.2) is 10.1 Å². The summed E-state index contributed by atoms with van der Waals surface area (Å²) in [6.45, 7) is 4.52. The zero-order valence-corrected chi connectivity index (χ0v) is 20.3. The number of Topliss-reactive ketones (excluding diaryl/α,β-unsaturated/α-hetero) is 1. The number of nitrogens with zero attached hydrogens (tertiary/aromatic N) is 3. The summed E-state index contributed by atoms with van der Waals surface area (Å²) in [5, 5.41) is 12.3. The van der Waals surface area contributed by atoms with Crippen molar-refractivity contribution in [2.75, 3.05) is 30.5 Å². The molecule has 3 rings (SSSR count). The second-order valence-corrected chi connectivity index (χ2v) is 9.23. The fourth-order valence-corrected chi connectivity index (χ4v) is 4.92. The highest BCUT2D eigenvalue weighted by molar-refractivity contribution is 8.01. The van der Waals surface area contributed by atoms with Crippen molar-refractivity contribution in [2.45, 2.75) is 37.6 Å². The molecule has 3 aromatic rings. The van der Waals surface area contributed by atoms with E-state index in [2.05, 4.69) is 46.5 Å². The Kier molecular flexibility index (Phi) is 8.42. The van der Waals surface area contributed by atoms with Crippen LogP contribution in [-0.4, -0.2) is 45.0 Å². The number of aromatic nitrogens is 4. The van der Waals surface area contributed by atoms with Crippen molar-refractivity contribution in [2.24, 2.45) is 0 Å². The number of rotatable bonds is 11. The first-order chi connectivity index (χ1) is 15.9. The molecule has 0 bridgehead atoms. The topological polar surface area (TPSA) is 145 Å². The maximum Gasteiger partial charge on any atom is 0.330 e. The number of carbonyl (C=O) groups excluding carboxylic acids is 1. The van der Waals surface area contributed by atoms with E-state index in [0.717, 1.165) is 34.9 Å². The van der Waals surface area contributed by atoms with Crippen LogP contribution in [0.15, 0.2) is 32.1 Å². The molecule has 0 unspecified atom stereocenters. The second-order valence-electron chi connectivity index (χ2n) is 7.03. The number of thioether (sulfide) groups is 1. The fraction of sp³-hybridized carbons (Fsp3) is 0.381. The third kappa shape index (κ3) is 5.70. The van der Waals surface area contributed by atoms with Gasteiger partial charge in [0, 0.05) is 12.8 Å². The van der Waals surface area contributed by atoms with E-state index in [1.165, 1.54) is 29.6 Å². The van der Waals surface area contributed by atoms with Crippen molar-refractivity contribution in [3.63, 3.8) is 0 Å². The van der Waals surface area contributed by atoms with Gasteiger partial charge in [-0.1, -0.05) is 55.1 Å². The Balaban J connectivity index is 1.74. The molecule has 10 nitrogen and oxygen atoms in total. The zero-order valence-electron chi connectivity index (χ0n) is 18.6. The molecule has 2 heterocycles. The molecule has 0 aliphatic carbocycles. The van der Waals surface area contributed by atoms with Crippen molar-refractivity contribution >= 4 is 45.5 Å². The summed E-state index contributed by atoms with van der Waals surface area (Å²) in [6, 6.07) is 6.19. The van der Waals surface area contributed by atoms with Gasteiger partial charge in [0.1, 0.15) is 11.4 Å². The molecule has 176 valence electrons. The summed E-state index contributed by atoms with van der Waals surface area (Å²) in [7, 11) is 1.48. The van der Waals surface area contributed by atoms with Crippen LogP contribution in [0.5, 0.6) is 0 Å². The Morgan fingerprint density at radius 2 is 1.94 bits per heavy atom. The molecular weight excluding hydrogens is 464 g/mol. The van der Waals surface area contributed by atoms with E-state index in [-0.39, 0.29) is 30.3 Å². The lowest BCUT2D eigenvalue weighted by atomic mass is 10.0. The summed E-state index contributed by atoms with van der Waals surface area (Å²) in [6.07, 6.45) is 1.77. The van der Waals surface area contributed by atoms with E-state index in [1.54, 1.807) is 0 Å². The van der Waals surface area contributed by atoms with Crippen LogP contribution in [0.4, 0.5) is 16.6 Å². The predicted molar refractivity (Wildman–Crippen MR) is 131 cm³/mol. The quantitative estimate of drug-likeness (QED) is 0.272. The first-order valence-corrected chi connectivity index (χ1v) is 12.2. The van der Waals surface area contributed by atoms with Crippen LogP contribution in [0.3, 0.4) is 0 Å². The largest absolute Gasteiger partial charge is 0.384 e. The number of hydrogen-bond acceptors (Lipinski definition) is 10. The van der Waals surface area contributed by atoms with Crippen LogP contribution in [0.1, 0.15) is 35.3 Å². The number of anilines is 3. The number of nitrogens with two attached hydrogens (primary N) is 1. The molecule has 2 aromatic heterocycles. The number of ether oxygens (including phenoxy) is 1. The third-order valence-corrected chi connectivity index (χ3v) is 6.97. The summed E-state index contributed by atoms with van der Waals surface area (Å²) in [5.41, 5.74) is 7.63. The SMILES string of the molecule is CCc1cccc(CC)c1Nc1nnc(SCC(=O)c2c(N)n(CCOC)c(=O)[nH]c2=O)s1. The first-order valence-electron chi connectivity index (χ1n) is 10.4.